The minimum absolute atomic E-state index is 0.123. The quantitative estimate of drug-likeness (QED) is 0.922. The van der Waals surface area contributed by atoms with Gasteiger partial charge < -0.3 is 5.73 Å². The van der Waals surface area contributed by atoms with Crippen LogP contribution in [0.4, 0.5) is 19.0 Å². The third-order valence-electron chi connectivity index (χ3n) is 3.68. The zero-order chi connectivity index (χ0) is 15.8. The van der Waals surface area contributed by atoms with Crippen LogP contribution in [-0.4, -0.2) is 9.78 Å². The second kappa shape index (κ2) is 5.42. The van der Waals surface area contributed by atoms with Crippen molar-refractivity contribution in [1.82, 2.24) is 9.78 Å². The Morgan fingerprint density at radius 2 is 2.00 bits per heavy atom. The number of benzene rings is 1. The van der Waals surface area contributed by atoms with Gasteiger partial charge in [-0.15, -0.1) is 0 Å². The predicted molar refractivity (Wildman–Crippen MR) is 76.8 cm³/mol. The molecule has 0 radical (unpaired) electrons. The van der Waals surface area contributed by atoms with E-state index in [9.17, 15) is 13.2 Å². The van der Waals surface area contributed by atoms with Gasteiger partial charge in [-0.05, 0) is 24.1 Å². The van der Waals surface area contributed by atoms with Crippen LogP contribution in [0.1, 0.15) is 37.4 Å². The summed E-state index contributed by atoms with van der Waals surface area (Å²) >= 11 is 0. The summed E-state index contributed by atoms with van der Waals surface area (Å²) in [7, 11) is 1.69. The molecule has 0 fully saturated rings. The lowest BCUT2D eigenvalue weighted by atomic mass is 9.95. The van der Waals surface area contributed by atoms with E-state index in [2.05, 4.69) is 5.10 Å². The standard InChI is InChI=1S/C15H18F3N3/c1-4-9(2)13-12(14(19)21(3)20-13)10-6-5-7-11(8-10)15(16,17)18/h5-9H,4,19H2,1-3H3. The molecule has 0 saturated heterocycles. The normalized spacial score (nSPS) is 13.4. The molecule has 1 unspecified atom stereocenters. The van der Waals surface area contributed by atoms with Crippen LogP contribution in [0.2, 0.25) is 0 Å². The number of alkyl halides is 3. The molecule has 0 aliphatic rings. The van der Waals surface area contributed by atoms with E-state index in [0.29, 0.717) is 16.9 Å². The zero-order valence-corrected chi connectivity index (χ0v) is 12.2. The maximum Gasteiger partial charge on any atom is 0.416 e. The van der Waals surface area contributed by atoms with Crippen molar-refractivity contribution in [3.05, 3.63) is 35.5 Å². The van der Waals surface area contributed by atoms with E-state index in [0.717, 1.165) is 24.2 Å². The summed E-state index contributed by atoms with van der Waals surface area (Å²) in [5.41, 5.74) is 7.10. The maximum absolute atomic E-state index is 12.9. The summed E-state index contributed by atoms with van der Waals surface area (Å²) in [6.45, 7) is 3.99. The van der Waals surface area contributed by atoms with Crippen molar-refractivity contribution in [2.75, 3.05) is 5.73 Å². The number of nitrogen functional groups attached to an aromatic ring is 1. The van der Waals surface area contributed by atoms with Gasteiger partial charge in [0.25, 0.3) is 0 Å². The molecular weight excluding hydrogens is 279 g/mol. The lowest BCUT2D eigenvalue weighted by Gasteiger charge is -2.11. The highest BCUT2D eigenvalue weighted by atomic mass is 19.4. The first-order valence-electron chi connectivity index (χ1n) is 6.75. The van der Waals surface area contributed by atoms with Crippen LogP contribution in [0.3, 0.4) is 0 Å². The molecule has 0 spiro atoms. The molecule has 1 heterocycles. The van der Waals surface area contributed by atoms with Gasteiger partial charge in [-0.2, -0.15) is 18.3 Å². The van der Waals surface area contributed by atoms with Crippen LogP contribution in [0, 0.1) is 0 Å². The molecule has 0 aliphatic carbocycles. The van der Waals surface area contributed by atoms with Crippen molar-refractivity contribution >= 4 is 5.82 Å². The van der Waals surface area contributed by atoms with E-state index in [1.165, 1.54) is 10.7 Å². The van der Waals surface area contributed by atoms with Crippen molar-refractivity contribution in [1.29, 1.82) is 0 Å². The lowest BCUT2D eigenvalue weighted by molar-refractivity contribution is -0.137. The van der Waals surface area contributed by atoms with Gasteiger partial charge in [-0.3, -0.25) is 4.68 Å². The summed E-state index contributed by atoms with van der Waals surface area (Å²) < 4.78 is 40.1. The maximum atomic E-state index is 12.9. The molecule has 6 heteroatoms. The monoisotopic (exact) mass is 297 g/mol. The highest BCUT2D eigenvalue weighted by molar-refractivity contribution is 5.77. The van der Waals surface area contributed by atoms with Crippen molar-refractivity contribution in [3.63, 3.8) is 0 Å². The number of hydrogen-bond acceptors (Lipinski definition) is 2. The minimum atomic E-state index is -4.37. The van der Waals surface area contributed by atoms with E-state index < -0.39 is 11.7 Å². The fraction of sp³-hybridized carbons (Fsp3) is 0.400. The molecule has 114 valence electrons. The Bertz CT molecular complexity index is 644. The van der Waals surface area contributed by atoms with Crippen LogP contribution in [0.5, 0.6) is 0 Å². The molecule has 2 rings (SSSR count). The number of nitrogens with zero attached hydrogens (tertiary/aromatic N) is 2. The van der Waals surface area contributed by atoms with E-state index in [1.807, 2.05) is 13.8 Å². The zero-order valence-electron chi connectivity index (χ0n) is 12.2. The topological polar surface area (TPSA) is 43.8 Å². The Labute approximate surface area is 121 Å². The Morgan fingerprint density at radius 1 is 1.33 bits per heavy atom. The van der Waals surface area contributed by atoms with Crippen molar-refractivity contribution < 1.29 is 13.2 Å². The Hall–Kier alpha value is -1.98. The molecule has 21 heavy (non-hydrogen) atoms. The number of anilines is 1. The van der Waals surface area contributed by atoms with Gasteiger partial charge in [0, 0.05) is 18.5 Å². The smallest absolute Gasteiger partial charge is 0.383 e. The Morgan fingerprint density at radius 3 is 2.57 bits per heavy atom. The van der Waals surface area contributed by atoms with Gasteiger partial charge in [-0.25, -0.2) is 0 Å². The number of nitrogens with two attached hydrogens (primary N) is 1. The highest BCUT2D eigenvalue weighted by Gasteiger charge is 2.31. The average Bonchev–Trinajstić information content (AvgIpc) is 2.73. The molecule has 0 amide bonds. The minimum Gasteiger partial charge on any atom is -0.383 e. The number of rotatable bonds is 3. The van der Waals surface area contributed by atoms with E-state index >= 15 is 0 Å². The molecule has 2 aromatic rings. The second-order valence-corrected chi connectivity index (χ2v) is 5.16. The fourth-order valence-electron chi connectivity index (χ4n) is 2.24. The summed E-state index contributed by atoms with van der Waals surface area (Å²) in [4.78, 5) is 0. The highest BCUT2D eigenvalue weighted by Crippen LogP contribution is 2.37. The number of aromatic nitrogens is 2. The molecule has 3 nitrogen and oxygen atoms in total. The van der Waals surface area contributed by atoms with Crippen LogP contribution in [0.25, 0.3) is 11.1 Å². The molecular formula is C15H18F3N3. The van der Waals surface area contributed by atoms with Gasteiger partial charge in [0.1, 0.15) is 5.82 Å². The molecule has 0 aliphatic heterocycles. The molecule has 1 aromatic heterocycles. The molecule has 0 bridgehead atoms. The number of hydrogen-bond donors (Lipinski definition) is 1. The van der Waals surface area contributed by atoms with Crippen molar-refractivity contribution in [3.8, 4) is 11.1 Å². The van der Waals surface area contributed by atoms with E-state index in [1.54, 1.807) is 13.1 Å². The Balaban J connectivity index is 2.62. The van der Waals surface area contributed by atoms with Crippen LogP contribution in [-0.2, 0) is 13.2 Å². The SMILES string of the molecule is CCC(C)c1nn(C)c(N)c1-c1cccc(C(F)(F)F)c1. The lowest BCUT2D eigenvalue weighted by Crippen LogP contribution is -2.05. The second-order valence-electron chi connectivity index (χ2n) is 5.16. The predicted octanol–water partition coefficient (Wildman–Crippen LogP) is 4.20. The number of aryl methyl sites for hydroxylation is 1. The van der Waals surface area contributed by atoms with Gasteiger partial charge >= 0.3 is 6.18 Å². The third-order valence-corrected chi connectivity index (χ3v) is 3.68. The summed E-state index contributed by atoms with van der Waals surface area (Å²) in [5, 5.41) is 4.36. The third kappa shape index (κ3) is 2.89. The van der Waals surface area contributed by atoms with Crippen LogP contribution >= 0.6 is 0 Å². The molecule has 1 atom stereocenters. The first kappa shape index (κ1) is 15.4. The average molecular weight is 297 g/mol. The largest absolute Gasteiger partial charge is 0.416 e. The summed E-state index contributed by atoms with van der Waals surface area (Å²) in [6, 6.07) is 5.21. The number of halogens is 3. The van der Waals surface area contributed by atoms with Crippen molar-refractivity contribution in [2.24, 2.45) is 7.05 Å². The van der Waals surface area contributed by atoms with Crippen LogP contribution in [0.15, 0.2) is 24.3 Å². The van der Waals surface area contributed by atoms with Gasteiger partial charge in [0.2, 0.25) is 0 Å². The van der Waals surface area contributed by atoms with Crippen LogP contribution < -0.4 is 5.73 Å². The van der Waals surface area contributed by atoms with E-state index in [4.69, 9.17) is 5.73 Å². The van der Waals surface area contributed by atoms with Gasteiger partial charge in [-0.1, -0.05) is 26.0 Å². The first-order valence-corrected chi connectivity index (χ1v) is 6.75. The van der Waals surface area contributed by atoms with Gasteiger partial charge in [0.05, 0.1) is 11.3 Å². The Kier molecular flexibility index (Phi) is 3.98. The van der Waals surface area contributed by atoms with Crippen molar-refractivity contribution in [2.45, 2.75) is 32.4 Å². The van der Waals surface area contributed by atoms with Gasteiger partial charge in [0.15, 0.2) is 0 Å². The molecule has 1 aromatic carbocycles. The van der Waals surface area contributed by atoms with E-state index in [-0.39, 0.29) is 5.92 Å². The first-order chi connectivity index (χ1) is 9.75. The summed E-state index contributed by atoms with van der Waals surface area (Å²) in [5.74, 6) is 0.502. The molecule has 2 N–H and O–H groups in total. The fourth-order valence-corrected chi connectivity index (χ4v) is 2.24. The summed E-state index contributed by atoms with van der Waals surface area (Å²) in [6.07, 6.45) is -3.54. The molecule has 0 saturated carbocycles.